The minimum absolute atomic E-state index is 0.0202. The van der Waals surface area contributed by atoms with E-state index in [9.17, 15) is 4.79 Å². The fourth-order valence-electron chi connectivity index (χ4n) is 4.69. The summed E-state index contributed by atoms with van der Waals surface area (Å²) in [6, 6.07) is 5.94. The number of nitrogens with one attached hydrogen (secondary N) is 2. The summed E-state index contributed by atoms with van der Waals surface area (Å²) in [5.41, 5.74) is 4.82. The highest BCUT2D eigenvalue weighted by Gasteiger charge is 2.34. The van der Waals surface area contributed by atoms with Gasteiger partial charge in [-0.25, -0.2) is 9.97 Å². The number of aromatic nitrogens is 4. The van der Waals surface area contributed by atoms with Crippen LogP contribution in [0.3, 0.4) is 0 Å². The first-order valence-electron chi connectivity index (χ1n) is 11.2. The van der Waals surface area contributed by atoms with Crippen molar-refractivity contribution in [2.45, 2.75) is 64.3 Å². The van der Waals surface area contributed by atoms with Crippen molar-refractivity contribution in [1.29, 1.82) is 0 Å². The first kappa shape index (κ1) is 20.2. The Kier molecular flexibility index (Phi) is 5.72. The quantitative estimate of drug-likeness (QED) is 0.604. The van der Waals surface area contributed by atoms with E-state index in [1.165, 1.54) is 12.8 Å². The summed E-state index contributed by atoms with van der Waals surface area (Å²) in [6.45, 7) is 2.72. The molecule has 0 aromatic carbocycles. The van der Waals surface area contributed by atoms with Gasteiger partial charge in [-0.2, -0.15) is 5.10 Å². The number of thiazole rings is 1. The molecular weight excluding hydrogens is 408 g/mol. The molecule has 4 heterocycles. The molecule has 8 heteroatoms. The lowest BCUT2D eigenvalue weighted by molar-refractivity contribution is 0.0725. The van der Waals surface area contributed by atoms with Crippen molar-refractivity contribution >= 4 is 28.2 Å². The van der Waals surface area contributed by atoms with Gasteiger partial charge >= 0.3 is 0 Å². The maximum atomic E-state index is 13.5. The molecule has 1 aliphatic carbocycles. The summed E-state index contributed by atoms with van der Waals surface area (Å²) in [7, 11) is 0. The second kappa shape index (κ2) is 8.78. The Balaban J connectivity index is 1.38. The number of hydrogen-bond donors (Lipinski definition) is 2. The van der Waals surface area contributed by atoms with Crippen molar-refractivity contribution in [2.75, 3.05) is 11.9 Å². The second-order valence-corrected chi connectivity index (χ2v) is 9.32. The van der Waals surface area contributed by atoms with Gasteiger partial charge in [0.1, 0.15) is 5.82 Å². The third-order valence-corrected chi connectivity index (χ3v) is 7.11. The summed E-state index contributed by atoms with van der Waals surface area (Å²) >= 11 is 1.56. The fraction of sp³-hybridized carbons (Fsp3) is 0.478. The predicted molar refractivity (Wildman–Crippen MR) is 122 cm³/mol. The molecule has 31 heavy (non-hydrogen) atoms. The van der Waals surface area contributed by atoms with Crippen LogP contribution in [0.1, 0.15) is 77.7 Å². The third-order valence-electron chi connectivity index (χ3n) is 6.24. The number of pyridine rings is 1. The number of H-pyrrole nitrogens is 1. The summed E-state index contributed by atoms with van der Waals surface area (Å²) in [5, 5.41) is 13.8. The summed E-state index contributed by atoms with van der Waals surface area (Å²) in [6.07, 6.45) is 8.61. The largest absolute Gasteiger partial charge is 0.329 e. The average Bonchev–Trinajstić information content (AvgIpc) is 3.48. The molecule has 0 spiro atoms. The first-order valence-corrected chi connectivity index (χ1v) is 12.1. The molecule has 0 saturated carbocycles. The highest BCUT2D eigenvalue weighted by molar-refractivity contribution is 7.13. The van der Waals surface area contributed by atoms with Crippen LogP contribution in [-0.2, 0) is 12.8 Å². The van der Waals surface area contributed by atoms with Crippen LogP contribution in [0.5, 0.6) is 0 Å². The molecule has 0 radical (unpaired) electrons. The van der Waals surface area contributed by atoms with Crippen LogP contribution in [0.2, 0.25) is 0 Å². The maximum absolute atomic E-state index is 13.5. The summed E-state index contributed by atoms with van der Waals surface area (Å²) in [5.74, 6) is 0.798. The van der Waals surface area contributed by atoms with E-state index in [0.717, 1.165) is 78.7 Å². The third kappa shape index (κ3) is 4.21. The number of anilines is 2. The normalized spacial score (nSPS) is 19.0. The van der Waals surface area contributed by atoms with E-state index in [2.05, 4.69) is 20.5 Å². The highest BCUT2D eigenvalue weighted by Crippen LogP contribution is 2.34. The van der Waals surface area contributed by atoms with E-state index in [4.69, 9.17) is 4.98 Å². The number of aryl methyl sites for hydroxylation is 2. The molecule has 0 bridgehead atoms. The molecule has 1 saturated heterocycles. The number of carbonyl (C=O) groups is 1. The minimum atomic E-state index is -0.0202. The highest BCUT2D eigenvalue weighted by atomic mass is 32.1. The maximum Gasteiger partial charge on any atom is 0.275 e. The number of rotatable bonds is 4. The number of fused-ring (bicyclic) bond motifs is 1. The van der Waals surface area contributed by atoms with Crippen molar-refractivity contribution in [1.82, 2.24) is 25.1 Å². The van der Waals surface area contributed by atoms with Crippen molar-refractivity contribution in [3.05, 3.63) is 51.9 Å². The Morgan fingerprint density at radius 3 is 2.87 bits per heavy atom. The van der Waals surface area contributed by atoms with E-state index in [1.807, 2.05) is 35.4 Å². The Bertz CT molecular complexity index is 1070. The van der Waals surface area contributed by atoms with Crippen LogP contribution in [0.4, 0.5) is 10.9 Å². The van der Waals surface area contributed by atoms with Crippen LogP contribution in [0.15, 0.2) is 23.6 Å². The first-order chi connectivity index (χ1) is 15.2. The Labute approximate surface area is 186 Å². The summed E-state index contributed by atoms with van der Waals surface area (Å²) < 4.78 is 0. The van der Waals surface area contributed by atoms with Gasteiger partial charge in [-0.1, -0.05) is 18.9 Å². The SMILES string of the molecule is Cc1csc(Nc2cccc([C@H]3CCCN3C(=O)c3n[nH]c4c3CCCCCC4)n2)n1. The predicted octanol–water partition coefficient (Wildman–Crippen LogP) is 4.95. The lowest BCUT2D eigenvalue weighted by Gasteiger charge is -2.24. The Morgan fingerprint density at radius 2 is 2.03 bits per heavy atom. The van der Waals surface area contributed by atoms with Crippen molar-refractivity contribution in [3.63, 3.8) is 0 Å². The van der Waals surface area contributed by atoms with Gasteiger partial charge in [-0.15, -0.1) is 11.3 Å². The van der Waals surface area contributed by atoms with E-state index in [0.29, 0.717) is 5.69 Å². The zero-order valence-corrected chi connectivity index (χ0v) is 18.7. The Hall–Kier alpha value is -2.74. The van der Waals surface area contributed by atoms with E-state index in [-0.39, 0.29) is 11.9 Å². The number of likely N-dealkylation sites (tertiary alicyclic amines) is 1. The molecule has 2 N–H and O–H groups in total. The van der Waals surface area contributed by atoms with Crippen molar-refractivity contribution in [3.8, 4) is 0 Å². The van der Waals surface area contributed by atoms with Gasteiger partial charge in [0.25, 0.3) is 5.91 Å². The number of aromatic amines is 1. The van der Waals surface area contributed by atoms with Gasteiger partial charge in [-0.05, 0) is 57.6 Å². The molecule has 3 aromatic rings. The van der Waals surface area contributed by atoms with Crippen molar-refractivity contribution < 1.29 is 4.79 Å². The van der Waals surface area contributed by atoms with Crippen LogP contribution < -0.4 is 5.32 Å². The lowest BCUT2D eigenvalue weighted by atomic mass is 9.96. The van der Waals surface area contributed by atoms with Gasteiger partial charge in [0.05, 0.1) is 17.4 Å². The molecular formula is C23H28N6OS. The molecule has 1 atom stereocenters. The average molecular weight is 437 g/mol. The van der Waals surface area contributed by atoms with Crippen LogP contribution in [0, 0.1) is 6.92 Å². The smallest absolute Gasteiger partial charge is 0.275 e. The molecule has 2 aliphatic rings. The minimum Gasteiger partial charge on any atom is -0.329 e. The molecule has 3 aromatic heterocycles. The van der Waals surface area contributed by atoms with E-state index in [1.54, 1.807) is 11.3 Å². The van der Waals surface area contributed by atoms with Crippen molar-refractivity contribution in [2.24, 2.45) is 0 Å². The standard InChI is InChI=1S/C23H28N6OS/c1-15-14-31-23(24-15)26-20-12-6-10-18(25-20)19-11-7-13-29(19)22(30)21-16-8-4-2-3-5-9-17(16)27-28-21/h6,10,12,14,19H,2-5,7-9,11,13H2,1H3,(H,27,28)(H,24,25,26)/t19-/m1/s1. The zero-order chi connectivity index (χ0) is 21.2. The molecule has 1 aliphatic heterocycles. The number of amides is 1. The van der Waals surface area contributed by atoms with Gasteiger partial charge in [0, 0.05) is 23.2 Å². The number of hydrogen-bond acceptors (Lipinski definition) is 6. The number of nitrogens with zero attached hydrogens (tertiary/aromatic N) is 4. The lowest BCUT2D eigenvalue weighted by Crippen LogP contribution is -2.32. The van der Waals surface area contributed by atoms with E-state index >= 15 is 0 Å². The van der Waals surface area contributed by atoms with Gasteiger partial charge in [-0.3, -0.25) is 9.89 Å². The second-order valence-electron chi connectivity index (χ2n) is 8.47. The zero-order valence-electron chi connectivity index (χ0n) is 17.9. The Morgan fingerprint density at radius 1 is 1.16 bits per heavy atom. The molecule has 162 valence electrons. The van der Waals surface area contributed by atoms with Gasteiger partial charge in [0.2, 0.25) is 0 Å². The number of carbonyl (C=O) groups excluding carboxylic acids is 1. The summed E-state index contributed by atoms with van der Waals surface area (Å²) in [4.78, 5) is 24.8. The van der Waals surface area contributed by atoms with Crippen LogP contribution in [-0.4, -0.2) is 37.5 Å². The topological polar surface area (TPSA) is 86.8 Å². The van der Waals surface area contributed by atoms with Crippen LogP contribution >= 0.6 is 11.3 Å². The molecule has 1 amide bonds. The van der Waals surface area contributed by atoms with Gasteiger partial charge in [0.15, 0.2) is 10.8 Å². The van der Waals surface area contributed by atoms with Crippen LogP contribution in [0.25, 0.3) is 0 Å². The van der Waals surface area contributed by atoms with Gasteiger partial charge < -0.3 is 10.2 Å². The van der Waals surface area contributed by atoms with E-state index < -0.39 is 0 Å². The fourth-order valence-corrected chi connectivity index (χ4v) is 5.39. The molecule has 7 nitrogen and oxygen atoms in total. The molecule has 1 fully saturated rings. The monoisotopic (exact) mass is 436 g/mol. The molecule has 5 rings (SSSR count). The molecule has 0 unspecified atom stereocenters.